The van der Waals surface area contributed by atoms with Gasteiger partial charge in [-0.2, -0.15) is 0 Å². The van der Waals surface area contributed by atoms with Crippen LogP contribution >= 0.6 is 11.3 Å². The Labute approximate surface area is 283 Å². The lowest BCUT2D eigenvalue weighted by molar-refractivity contribution is 0.657. The van der Waals surface area contributed by atoms with Crippen LogP contribution in [0.5, 0.6) is 0 Å². The molecule has 0 N–H and O–H groups in total. The number of benzene rings is 7. The summed E-state index contributed by atoms with van der Waals surface area (Å²) < 4.78 is 13.5. The molecule has 0 atom stereocenters. The second-order valence-electron chi connectivity index (χ2n) is 12.9. The third kappa shape index (κ3) is 3.60. The van der Waals surface area contributed by atoms with Gasteiger partial charge in [0, 0.05) is 53.1 Å². The Kier molecular flexibility index (Phi) is 5.31. The van der Waals surface area contributed by atoms with Crippen molar-refractivity contribution in [1.29, 1.82) is 0 Å². The first kappa shape index (κ1) is 26.9. The molecule has 0 saturated heterocycles. The third-order valence-corrected chi connectivity index (χ3v) is 11.3. The fourth-order valence-corrected chi connectivity index (χ4v) is 9.14. The lowest BCUT2D eigenvalue weighted by Crippen LogP contribution is -2.02. The van der Waals surface area contributed by atoms with Gasteiger partial charge >= 0.3 is 0 Å². The van der Waals surface area contributed by atoms with Crippen LogP contribution in [0, 0.1) is 6.92 Å². The van der Waals surface area contributed by atoms with Crippen LogP contribution in [0.25, 0.3) is 97.1 Å². The van der Waals surface area contributed by atoms with Crippen LogP contribution in [0.3, 0.4) is 0 Å². The number of thiophene rings is 1. The number of rotatable bonds is 2. The molecule has 0 spiro atoms. The summed E-state index contributed by atoms with van der Waals surface area (Å²) in [5.74, 6) is 0. The number of hydrogen-bond donors (Lipinski definition) is 0. The van der Waals surface area contributed by atoms with Crippen molar-refractivity contribution in [3.8, 4) is 11.4 Å². The van der Waals surface area contributed by atoms with E-state index in [4.69, 9.17) is 4.42 Å². The van der Waals surface area contributed by atoms with E-state index in [1.54, 1.807) is 11.3 Å². The van der Waals surface area contributed by atoms with E-state index in [-0.39, 0.29) is 5.43 Å². The topological polar surface area (TPSA) is 40.1 Å². The standard InChI is InChI=1S/C44H26N2O2S/c1-25-10-9-15-32-43(47)35-24-40-34(23-38(35)48-44(25)32)33-22-27(18-21-39(33)49-40)46-37-17-8-6-14-29(37)31-20-19-30-28-13-5-7-16-36(28)45(41(30)42(31)46)26-11-3-2-4-12-26/h2-24H,1H3. The van der Waals surface area contributed by atoms with Crippen molar-refractivity contribution in [3.63, 3.8) is 0 Å². The molecule has 4 aromatic heterocycles. The van der Waals surface area contributed by atoms with Crippen molar-refractivity contribution in [3.05, 3.63) is 155 Å². The molecule has 11 rings (SSSR count). The lowest BCUT2D eigenvalue weighted by atomic mass is 10.1. The van der Waals surface area contributed by atoms with E-state index in [0.29, 0.717) is 21.9 Å². The summed E-state index contributed by atoms with van der Waals surface area (Å²) in [6.45, 7) is 1.99. The third-order valence-electron chi connectivity index (χ3n) is 10.2. The largest absolute Gasteiger partial charge is 0.456 e. The number of hydrogen-bond acceptors (Lipinski definition) is 3. The van der Waals surface area contributed by atoms with Gasteiger partial charge in [-0.1, -0.05) is 78.9 Å². The predicted molar refractivity (Wildman–Crippen MR) is 206 cm³/mol. The molecule has 0 saturated carbocycles. The quantitative estimate of drug-likeness (QED) is 0.175. The van der Waals surface area contributed by atoms with E-state index < -0.39 is 0 Å². The number of para-hydroxylation sites is 4. The number of fused-ring (bicyclic) bond motifs is 12. The summed E-state index contributed by atoms with van der Waals surface area (Å²) in [6, 6.07) is 49.3. The van der Waals surface area contributed by atoms with E-state index in [0.717, 1.165) is 37.9 Å². The van der Waals surface area contributed by atoms with Gasteiger partial charge in [0.05, 0.1) is 32.8 Å². The van der Waals surface area contributed by atoms with Crippen molar-refractivity contribution in [1.82, 2.24) is 9.13 Å². The Bertz CT molecular complexity index is 3250. The second-order valence-corrected chi connectivity index (χ2v) is 14.0. The summed E-state index contributed by atoms with van der Waals surface area (Å²) in [5.41, 5.74) is 9.18. The average molecular weight is 647 g/mol. The minimum atomic E-state index is 0.0168. The fraction of sp³-hybridized carbons (Fsp3) is 0.0227. The molecule has 4 nitrogen and oxygen atoms in total. The molecule has 0 amide bonds. The summed E-state index contributed by atoms with van der Waals surface area (Å²) in [5, 5.41) is 8.38. The molecule has 0 fully saturated rings. The zero-order valence-electron chi connectivity index (χ0n) is 26.4. The number of aromatic nitrogens is 2. The van der Waals surface area contributed by atoms with Crippen LogP contribution in [0.4, 0.5) is 0 Å². The van der Waals surface area contributed by atoms with Crippen LogP contribution in [0.1, 0.15) is 5.56 Å². The van der Waals surface area contributed by atoms with Gasteiger partial charge in [0.25, 0.3) is 0 Å². The molecule has 0 aliphatic rings. The van der Waals surface area contributed by atoms with Gasteiger partial charge < -0.3 is 13.6 Å². The highest BCUT2D eigenvalue weighted by Gasteiger charge is 2.22. The van der Waals surface area contributed by atoms with Gasteiger partial charge in [-0.15, -0.1) is 11.3 Å². The molecular weight excluding hydrogens is 621 g/mol. The SMILES string of the molecule is Cc1cccc2c(=O)c3cc4sc5ccc(-n6c7ccccc7c7ccc8c9ccccc9n(-c9ccccc9)c8c76)cc5c4cc3oc12. The first-order valence-electron chi connectivity index (χ1n) is 16.5. The smallest absolute Gasteiger partial charge is 0.200 e. The molecule has 230 valence electrons. The Morgan fingerprint density at radius 3 is 1.86 bits per heavy atom. The molecular formula is C44H26N2O2S. The zero-order valence-corrected chi connectivity index (χ0v) is 27.2. The van der Waals surface area contributed by atoms with Gasteiger partial charge in [0.1, 0.15) is 11.2 Å². The molecule has 4 heterocycles. The van der Waals surface area contributed by atoms with E-state index in [2.05, 4.69) is 124 Å². The van der Waals surface area contributed by atoms with Crippen LogP contribution in [-0.2, 0) is 0 Å². The maximum atomic E-state index is 13.6. The van der Waals surface area contributed by atoms with Crippen LogP contribution in [0.15, 0.2) is 149 Å². The Morgan fingerprint density at radius 1 is 0.490 bits per heavy atom. The summed E-state index contributed by atoms with van der Waals surface area (Å²) in [4.78, 5) is 13.6. The zero-order chi connectivity index (χ0) is 32.4. The van der Waals surface area contributed by atoms with Crippen molar-refractivity contribution in [2.45, 2.75) is 6.92 Å². The van der Waals surface area contributed by atoms with Crippen molar-refractivity contribution < 1.29 is 4.42 Å². The molecule has 0 aliphatic carbocycles. The molecule has 49 heavy (non-hydrogen) atoms. The van der Waals surface area contributed by atoms with Crippen LogP contribution < -0.4 is 5.43 Å². The summed E-state index contributed by atoms with van der Waals surface area (Å²) >= 11 is 1.72. The lowest BCUT2D eigenvalue weighted by Gasteiger charge is -2.12. The number of nitrogens with zero attached hydrogens (tertiary/aromatic N) is 2. The van der Waals surface area contributed by atoms with Gasteiger partial charge in [-0.3, -0.25) is 4.79 Å². The highest BCUT2D eigenvalue weighted by molar-refractivity contribution is 7.25. The van der Waals surface area contributed by atoms with Gasteiger partial charge in [0.2, 0.25) is 5.43 Å². The van der Waals surface area contributed by atoms with E-state index in [1.807, 2.05) is 31.2 Å². The maximum absolute atomic E-state index is 13.6. The molecule has 0 radical (unpaired) electrons. The van der Waals surface area contributed by atoms with E-state index in [1.165, 1.54) is 42.8 Å². The minimum absolute atomic E-state index is 0.0168. The van der Waals surface area contributed by atoms with Gasteiger partial charge in [-0.25, -0.2) is 0 Å². The molecule has 11 aromatic rings. The van der Waals surface area contributed by atoms with Crippen LogP contribution in [-0.4, -0.2) is 9.13 Å². The Morgan fingerprint density at radius 2 is 1.12 bits per heavy atom. The average Bonchev–Trinajstić information content (AvgIpc) is 3.79. The predicted octanol–water partition coefficient (Wildman–Crippen LogP) is 11.8. The van der Waals surface area contributed by atoms with Crippen molar-refractivity contribution >= 4 is 97.1 Å². The van der Waals surface area contributed by atoms with Gasteiger partial charge in [0.15, 0.2) is 0 Å². The summed E-state index contributed by atoms with van der Waals surface area (Å²) in [6.07, 6.45) is 0. The van der Waals surface area contributed by atoms with Crippen LogP contribution in [0.2, 0.25) is 0 Å². The van der Waals surface area contributed by atoms with Crippen molar-refractivity contribution in [2.24, 2.45) is 0 Å². The maximum Gasteiger partial charge on any atom is 0.200 e. The Hall–Kier alpha value is -6.17. The number of aryl methyl sites for hydroxylation is 1. The van der Waals surface area contributed by atoms with Gasteiger partial charge in [-0.05, 0) is 73.2 Å². The normalized spacial score (nSPS) is 12.3. The fourth-order valence-electron chi connectivity index (χ4n) is 8.03. The second kappa shape index (κ2) is 9.69. The monoisotopic (exact) mass is 646 g/mol. The Balaban J connectivity index is 1.27. The molecule has 7 aromatic carbocycles. The van der Waals surface area contributed by atoms with Crippen molar-refractivity contribution in [2.75, 3.05) is 0 Å². The first-order chi connectivity index (χ1) is 24.1. The molecule has 5 heteroatoms. The minimum Gasteiger partial charge on any atom is -0.456 e. The first-order valence-corrected chi connectivity index (χ1v) is 17.3. The summed E-state index contributed by atoms with van der Waals surface area (Å²) in [7, 11) is 0. The highest BCUT2D eigenvalue weighted by Crippen LogP contribution is 2.43. The molecule has 0 aliphatic heterocycles. The highest BCUT2D eigenvalue weighted by atomic mass is 32.1. The van der Waals surface area contributed by atoms with E-state index in [9.17, 15) is 4.79 Å². The molecule has 0 unspecified atom stereocenters. The molecule has 0 bridgehead atoms. The van der Waals surface area contributed by atoms with E-state index >= 15 is 0 Å².